The first kappa shape index (κ1) is 26.0. The molecule has 0 radical (unpaired) electrons. The number of aromatic amines is 1. The van der Waals surface area contributed by atoms with E-state index in [0.29, 0.717) is 6.42 Å². The highest BCUT2D eigenvalue weighted by molar-refractivity contribution is 7.99. The van der Waals surface area contributed by atoms with Gasteiger partial charge >= 0.3 is 0 Å². The van der Waals surface area contributed by atoms with Crippen molar-refractivity contribution < 1.29 is 4.79 Å². The van der Waals surface area contributed by atoms with E-state index in [1.165, 1.54) is 16.7 Å². The molecule has 2 rings (SSSR count). The standard InChI is InChI=1S/C27H39N3OS/c1-6-26(31)28-25(27-29-23-15-7-8-16-24(23)30-27)19-32-18-17-22(5)14-10-13-21(4)12-9-11-20(2)3/h7-8,11,13,15-17,25H,6,9-10,12,14,18-19H2,1-5H3,(H,28,31)(H,29,30)/b21-13+,22-17+. The number of H-pyrrole nitrogens is 1. The average molecular weight is 454 g/mol. The second-order valence-electron chi connectivity index (χ2n) is 8.61. The number of imidazole rings is 1. The van der Waals surface area contributed by atoms with Crippen LogP contribution < -0.4 is 5.32 Å². The second-order valence-corrected chi connectivity index (χ2v) is 9.68. The minimum Gasteiger partial charge on any atom is -0.345 e. The molecule has 1 unspecified atom stereocenters. The highest BCUT2D eigenvalue weighted by Crippen LogP contribution is 2.21. The summed E-state index contributed by atoms with van der Waals surface area (Å²) in [5, 5.41) is 3.12. The minimum absolute atomic E-state index is 0.0505. The third-order valence-electron chi connectivity index (χ3n) is 5.35. The van der Waals surface area contributed by atoms with Gasteiger partial charge in [0, 0.05) is 17.9 Å². The van der Waals surface area contributed by atoms with Gasteiger partial charge in [-0.25, -0.2) is 4.98 Å². The molecule has 0 fully saturated rings. The summed E-state index contributed by atoms with van der Waals surface area (Å²) in [5.41, 5.74) is 6.23. The van der Waals surface area contributed by atoms with Gasteiger partial charge in [-0.2, -0.15) is 11.8 Å². The van der Waals surface area contributed by atoms with E-state index in [4.69, 9.17) is 4.98 Å². The van der Waals surface area contributed by atoms with Gasteiger partial charge < -0.3 is 10.3 Å². The van der Waals surface area contributed by atoms with Crippen molar-refractivity contribution in [1.29, 1.82) is 0 Å². The highest BCUT2D eigenvalue weighted by Gasteiger charge is 2.17. The van der Waals surface area contributed by atoms with Crippen molar-refractivity contribution in [3.8, 4) is 0 Å². The topological polar surface area (TPSA) is 57.8 Å². The summed E-state index contributed by atoms with van der Waals surface area (Å²) in [6, 6.07) is 7.87. The van der Waals surface area contributed by atoms with Crippen LogP contribution in [0.15, 0.2) is 59.2 Å². The number of fused-ring (bicyclic) bond motifs is 1. The van der Waals surface area contributed by atoms with Gasteiger partial charge in [-0.3, -0.25) is 4.79 Å². The zero-order valence-corrected chi connectivity index (χ0v) is 21.1. The molecule has 1 atom stereocenters. The van der Waals surface area contributed by atoms with Crippen molar-refractivity contribution in [3.05, 3.63) is 65.0 Å². The van der Waals surface area contributed by atoms with Crippen LogP contribution in [0.1, 0.15) is 78.6 Å². The molecule has 32 heavy (non-hydrogen) atoms. The molecular weight excluding hydrogens is 414 g/mol. The van der Waals surface area contributed by atoms with E-state index in [2.05, 4.69) is 56.2 Å². The van der Waals surface area contributed by atoms with Gasteiger partial charge in [-0.15, -0.1) is 0 Å². The van der Waals surface area contributed by atoms with Crippen LogP contribution in [0.2, 0.25) is 0 Å². The molecule has 1 amide bonds. The van der Waals surface area contributed by atoms with Crippen molar-refractivity contribution >= 4 is 28.7 Å². The molecule has 0 saturated heterocycles. The molecule has 2 aromatic rings. The van der Waals surface area contributed by atoms with Gasteiger partial charge in [-0.05, 0) is 65.5 Å². The van der Waals surface area contributed by atoms with Gasteiger partial charge in [0.05, 0.1) is 17.1 Å². The Labute approximate surface area is 198 Å². The van der Waals surface area contributed by atoms with Crippen molar-refractivity contribution in [2.24, 2.45) is 0 Å². The number of thioether (sulfide) groups is 1. The summed E-state index contributed by atoms with van der Waals surface area (Å²) in [7, 11) is 0. The van der Waals surface area contributed by atoms with Crippen molar-refractivity contribution in [3.63, 3.8) is 0 Å². The SMILES string of the molecule is CCC(=O)NC(CSC/C=C(\C)CC/C=C(\C)CCC=C(C)C)c1nc2ccccc2[nH]1. The number of carbonyl (C=O) groups is 1. The lowest BCUT2D eigenvalue weighted by Gasteiger charge is -2.15. The number of benzene rings is 1. The molecule has 174 valence electrons. The van der Waals surface area contributed by atoms with Gasteiger partial charge in [0.1, 0.15) is 5.82 Å². The highest BCUT2D eigenvalue weighted by atomic mass is 32.2. The summed E-state index contributed by atoms with van der Waals surface area (Å²) in [6.07, 6.45) is 12.0. The number of nitrogens with one attached hydrogen (secondary N) is 2. The number of nitrogens with zero attached hydrogens (tertiary/aromatic N) is 1. The molecule has 0 aliphatic carbocycles. The Morgan fingerprint density at radius 2 is 1.75 bits per heavy atom. The van der Waals surface area contributed by atoms with Gasteiger partial charge in [0.2, 0.25) is 5.91 Å². The Kier molecular flexibility index (Phi) is 11.4. The Balaban J connectivity index is 1.83. The summed E-state index contributed by atoms with van der Waals surface area (Å²) in [6.45, 7) is 10.6. The largest absolute Gasteiger partial charge is 0.345 e. The first-order chi connectivity index (χ1) is 15.4. The van der Waals surface area contributed by atoms with E-state index in [9.17, 15) is 4.79 Å². The van der Waals surface area contributed by atoms with Crippen molar-refractivity contribution in [1.82, 2.24) is 15.3 Å². The molecule has 1 heterocycles. The molecule has 5 heteroatoms. The third-order valence-corrected chi connectivity index (χ3v) is 6.32. The lowest BCUT2D eigenvalue weighted by molar-refractivity contribution is -0.121. The van der Waals surface area contributed by atoms with Crippen LogP contribution in [0.5, 0.6) is 0 Å². The monoisotopic (exact) mass is 453 g/mol. The Bertz CT molecular complexity index is 918. The van der Waals surface area contributed by atoms with Crippen LogP contribution in [0.3, 0.4) is 0 Å². The summed E-state index contributed by atoms with van der Waals surface area (Å²) >= 11 is 1.83. The maximum absolute atomic E-state index is 12.0. The maximum Gasteiger partial charge on any atom is 0.220 e. The van der Waals surface area contributed by atoms with E-state index < -0.39 is 0 Å². The molecule has 0 spiro atoms. The van der Waals surface area contributed by atoms with Gasteiger partial charge in [-0.1, -0.05) is 54.0 Å². The van der Waals surface area contributed by atoms with E-state index in [1.54, 1.807) is 0 Å². The number of hydrogen-bond acceptors (Lipinski definition) is 3. The Morgan fingerprint density at radius 3 is 2.44 bits per heavy atom. The Hall–Kier alpha value is -2.27. The predicted molar refractivity (Wildman–Crippen MR) is 140 cm³/mol. The first-order valence-electron chi connectivity index (χ1n) is 11.7. The number of allylic oxidation sites excluding steroid dienone is 5. The number of carbonyl (C=O) groups excluding carboxylic acids is 1. The minimum atomic E-state index is -0.111. The van der Waals surface area contributed by atoms with E-state index in [0.717, 1.165) is 54.0 Å². The number of amides is 1. The molecule has 1 aromatic carbocycles. The molecule has 0 aliphatic rings. The lowest BCUT2D eigenvalue weighted by Crippen LogP contribution is -2.30. The number of rotatable bonds is 13. The fourth-order valence-electron chi connectivity index (χ4n) is 3.35. The summed E-state index contributed by atoms with van der Waals surface area (Å²) < 4.78 is 0. The number of hydrogen-bond donors (Lipinski definition) is 2. The maximum atomic E-state index is 12.0. The average Bonchev–Trinajstić information content (AvgIpc) is 3.19. The normalized spacial score (nSPS) is 13.3. The van der Waals surface area contributed by atoms with E-state index in [-0.39, 0.29) is 11.9 Å². The predicted octanol–water partition coefficient (Wildman–Crippen LogP) is 7.28. The fraction of sp³-hybridized carbons (Fsp3) is 0.481. The molecule has 0 bridgehead atoms. The van der Waals surface area contributed by atoms with Gasteiger partial charge in [0.15, 0.2) is 0 Å². The van der Waals surface area contributed by atoms with Crippen LogP contribution in [0.25, 0.3) is 11.0 Å². The molecule has 1 aromatic heterocycles. The molecular formula is C27H39N3OS. The van der Waals surface area contributed by atoms with E-state index >= 15 is 0 Å². The Morgan fingerprint density at radius 1 is 1.06 bits per heavy atom. The summed E-state index contributed by atoms with van der Waals surface area (Å²) in [4.78, 5) is 20.1. The van der Waals surface area contributed by atoms with Crippen molar-refractivity contribution in [2.75, 3.05) is 11.5 Å². The third kappa shape index (κ3) is 9.47. The zero-order chi connectivity index (χ0) is 23.3. The van der Waals surface area contributed by atoms with Crippen LogP contribution in [-0.4, -0.2) is 27.4 Å². The van der Waals surface area contributed by atoms with Gasteiger partial charge in [0.25, 0.3) is 0 Å². The second kappa shape index (κ2) is 14.0. The number of para-hydroxylation sites is 2. The molecule has 0 saturated carbocycles. The smallest absolute Gasteiger partial charge is 0.220 e. The lowest BCUT2D eigenvalue weighted by atomic mass is 10.1. The molecule has 4 nitrogen and oxygen atoms in total. The van der Waals surface area contributed by atoms with Crippen LogP contribution in [0, 0.1) is 0 Å². The number of aromatic nitrogens is 2. The van der Waals surface area contributed by atoms with E-state index in [1.807, 2.05) is 43.0 Å². The quantitative estimate of drug-likeness (QED) is 0.247. The van der Waals surface area contributed by atoms with Crippen molar-refractivity contribution in [2.45, 2.75) is 72.8 Å². The van der Waals surface area contributed by atoms with Crippen LogP contribution >= 0.6 is 11.8 Å². The van der Waals surface area contributed by atoms with Crippen LogP contribution in [-0.2, 0) is 4.79 Å². The first-order valence-corrected chi connectivity index (χ1v) is 12.8. The molecule has 0 aliphatic heterocycles. The summed E-state index contributed by atoms with van der Waals surface area (Å²) in [5.74, 6) is 2.61. The molecule has 2 N–H and O–H groups in total. The fourth-order valence-corrected chi connectivity index (χ4v) is 4.36. The van der Waals surface area contributed by atoms with Crippen LogP contribution in [0.4, 0.5) is 0 Å². The zero-order valence-electron chi connectivity index (χ0n) is 20.3.